The molecule has 0 unspecified atom stereocenters. The molecule has 15 heteroatoms. The van der Waals surface area contributed by atoms with Crippen LogP contribution in [-0.2, 0) is 23.2 Å². The summed E-state index contributed by atoms with van der Waals surface area (Å²) in [7, 11) is 2.90. The Balaban J connectivity index is 1.80. The molecule has 14 nitrogen and oxygen atoms in total. The van der Waals surface area contributed by atoms with Gasteiger partial charge in [0.05, 0.1) is 46.5 Å². The summed E-state index contributed by atoms with van der Waals surface area (Å²) in [5.74, 6) is -1.47. The van der Waals surface area contributed by atoms with Gasteiger partial charge in [-0.05, 0) is 33.8 Å². The zero-order valence-corrected chi connectivity index (χ0v) is 24.1. The van der Waals surface area contributed by atoms with Gasteiger partial charge < -0.3 is 19.9 Å². The van der Waals surface area contributed by atoms with E-state index < -0.39 is 41.7 Å². The number of H-pyrrole nitrogens is 1. The monoisotopic (exact) mass is 590 g/mol. The van der Waals surface area contributed by atoms with Gasteiger partial charge in [0.15, 0.2) is 17.7 Å². The highest BCUT2D eigenvalue weighted by molar-refractivity contribution is 6.03. The number of amides is 2. The van der Waals surface area contributed by atoms with E-state index in [1.807, 2.05) is 6.07 Å². The fraction of sp³-hybridized carbons (Fsp3) is 0.321. The Morgan fingerprint density at radius 2 is 2.05 bits per heavy atom. The SMILES string of the molecule is C[C@@H]1Oc2c(cc(F)c(-c3c(-c4cc5c(CO)n[nH]c(=O)c5c(N(C)C(=O)OC(C)(C)C)n4)cnn3C)c2C#N)NC1=O. The molecule has 1 aliphatic heterocycles. The van der Waals surface area contributed by atoms with Gasteiger partial charge in [-0.25, -0.2) is 19.3 Å². The van der Waals surface area contributed by atoms with Crippen LogP contribution in [0.4, 0.5) is 20.7 Å². The summed E-state index contributed by atoms with van der Waals surface area (Å²) < 4.78 is 28.3. The molecule has 3 N–H and O–H groups in total. The van der Waals surface area contributed by atoms with Gasteiger partial charge in [0.2, 0.25) is 0 Å². The first kappa shape index (κ1) is 29.1. The number of aromatic amines is 1. The van der Waals surface area contributed by atoms with Crippen LogP contribution in [0.2, 0.25) is 0 Å². The number of nitrogens with one attached hydrogen (secondary N) is 2. The van der Waals surface area contributed by atoms with E-state index in [9.17, 15) is 24.8 Å². The molecule has 4 aromatic rings. The number of carbonyl (C=O) groups is 2. The lowest BCUT2D eigenvalue weighted by atomic mass is 9.96. The van der Waals surface area contributed by atoms with Crippen molar-refractivity contribution < 1.29 is 28.6 Å². The first-order chi connectivity index (χ1) is 20.2. The first-order valence-electron chi connectivity index (χ1n) is 13.0. The lowest BCUT2D eigenvalue weighted by Gasteiger charge is -2.26. The van der Waals surface area contributed by atoms with Crippen LogP contribution in [0.3, 0.4) is 0 Å². The number of benzene rings is 1. The fourth-order valence-corrected chi connectivity index (χ4v) is 4.71. The molecule has 0 aliphatic carbocycles. The zero-order valence-electron chi connectivity index (χ0n) is 24.1. The second kappa shape index (κ2) is 10.5. The van der Waals surface area contributed by atoms with Gasteiger partial charge in [0, 0.05) is 31.1 Å². The number of carbonyl (C=O) groups excluding carboxylic acids is 2. The first-order valence-corrected chi connectivity index (χ1v) is 13.0. The number of fused-ring (bicyclic) bond motifs is 2. The number of anilines is 2. The van der Waals surface area contributed by atoms with Crippen molar-refractivity contribution in [3.05, 3.63) is 45.8 Å². The minimum atomic E-state index is -0.931. The Hall–Kier alpha value is -5.36. The summed E-state index contributed by atoms with van der Waals surface area (Å²) in [4.78, 5) is 43.8. The summed E-state index contributed by atoms with van der Waals surface area (Å²) in [6, 6.07) is 4.49. The number of halogens is 1. The Morgan fingerprint density at radius 3 is 2.70 bits per heavy atom. The van der Waals surface area contributed by atoms with Crippen LogP contribution in [0.5, 0.6) is 5.75 Å². The van der Waals surface area contributed by atoms with Gasteiger partial charge in [0.25, 0.3) is 11.5 Å². The van der Waals surface area contributed by atoms with E-state index >= 15 is 4.39 Å². The molecule has 1 aliphatic rings. The molecule has 3 aromatic heterocycles. The highest BCUT2D eigenvalue weighted by Crippen LogP contribution is 2.44. The standard InChI is InChI=1S/C28H27FN8O6/c1-12-25(39)33-18-8-16(29)20(14(9-30)23(18)42-12)22-15(10-31-37(22)6)17-7-13-19(11-38)34-35-26(40)21(13)24(32-17)36(5)27(41)43-28(2,3)4/h7-8,10,12,38H,11H2,1-6H3,(H,33,39)(H,35,40)/t12-/m0/s1. The number of pyridine rings is 1. The zero-order chi connectivity index (χ0) is 31.4. The van der Waals surface area contributed by atoms with Gasteiger partial charge in [-0.1, -0.05) is 0 Å². The third kappa shape index (κ3) is 5.01. The van der Waals surface area contributed by atoms with Crippen molar-refractivity contribution >= 4 is 34.3 Å². The smallest absolute Gasteiger partial charge is 0.415 e. The van der Waals surface area contributed by atoms with Gasteiger partial charge in [-0.2, -0.15) is 15.5 Å². The van der Waals surface area contributed by atoms with Crippen LogP contribution in [-0.4, -0.2) is 60.8 Å². The summed E-state index contributed by atoms with van der Waals surface area (Å²) in [6.07, 6.45) is -0.363. The molecule has 5 rings (SSSR count). The van der Waals surface area contributed by atoms with Crippen molar-refractivity contribution in [2.75, 3.05) is 17.3 Å². The third-order valence-electron chi connectivity index (χ3n) is 6.68. The van der Waals surface area contributed by atoms with Gasteiger partial charge in [-0.15, -0.1) is 0 Å². The quantitative estimate of drug-likeness (QED) is 0.319. The van der Waals surface area contributed by atoms with Crippen molar-refractivity contribution in [2.45, 2.75) is 46.0 Å². The van der Waals surface area contributed by atoms with Crippen molar-refractivity contribution in [2.24, 2.45) is 7.05 Å². The van der Waals surface area contributed by atoms with E-state index in [4.69, 9.17) is 9.47 Å². The molecule has 1 aromatic carbocycles. The molecule has 0 saturated carbocycles. The summed E-state index contributed by atoms with van der Waals surface area (Å²) >= 11 is 0. The number of hydrogen-bond acceptors (Lipinski definition) is 10. The minimum Gasteiger partial charge on any atom is -0.477 e. The van der Waals surface area contributed by atoms with Crippen LogP contribution in [0.15, 0.2) is 23.1 Å². The number of aromatic nitrogens is 5. The fourth-order valence-electron chi connectivity index (χ4n) is 4.71. The average molecular weight is 591 g/mol. The number of aliphatic hydroxyl groups is 1. The number of ether oxygens (including phenoxy) is 2. The van der Waals surface area contributed by atoms with Crippen molar-refractivity contribution in [1.29, 1.82) is 5.26 Å². The van der Waals surface area contributed by atoms with E-state index in [-0.39, 0.29) is 61.8 Å². The minimum absolute atomic E-state index is 0.00623. The summed E-state index contributed by atoms with van der Waals surface area (Å²) in [5, 5.41) is 33.3. The lowest BCUT2D eigenvalue weighted by Crippen LogP contribution is -2.35. The molecule has 0 bridgehead atoms. The van der Waals surface area contributed by atoms with Crippen LogP contribution >= 0.6 is 0 Å². The van der Waals surface area contributed by atoms with Crippen LogP contribution < -0.4 is 20.5 Å². The molecule has 0 saturated heterocycles. The van der Waals surface area contributed by atoms with E-state index in [0.717, 1.165) is 11.0 Å². The number of hydrogen-bond donors (Lipinski definition) is 3. The van der Waals surface area contributed by atoms with E-state index in [2.05, 4.69) is 25.6 Å². The van der Waals surface area contributed by atoms with Crippen LogP contribution in [0.1, 0.15) is 39.0 Å². The van der Waals surface area contributed by atoms with Gasteiger partial charge in [-0.3, -0.25) is 19.2 Å². The van der Waals surface area contributed by atoms with Gasteiger partial charge >= 0.3 is 6.09 Å². The molecule has 1 atom stereocenters. The maximum Gasteiger partial charge on any atom is 0.415 e. The maximum atomic E-state index is 15.8. The number of nitrogens with zero attached hydrogens (tertiary/aromatic N) is 6. The predicted molar refractivity (Wildman–Crippen MR) is 152 cm³/mol. The maximum absolute atomic E-state index is 15.8. The summed E-state index contributed by atoms with van der Waals surface area (Å²) in [6.45, 7) is 5.97. The molecular formula is C28H27FN8O6. The number of aliphatic hydroxyl groups excluding tert-OH is 1. The molecule has 2 amide bonds. The van der Waals surface area contributed by atoms with E-state index in [0.29, 0.717) is 0 Å². The molecule has 222 valence electrons. The Morgan fingerprint density at radius 1 is 1.33 bits per heavy atom. The Bertz CT molecular complexity index is 1920. The number of nitriles is 1. The van der Waals surface area contributed by atoms with Crippen molar-refractivity contribution in [3.8, 4) is 34.3 Å². The number of aryl methyl sites for hydroxylation is 1. The molecule has 0 radical (unpaired) electrons. The van der Waals surface area contributed by atoms with Crippen LogP contribution in [0.25, 0.3) is 33.3 Å². The Labute approximate surface area is 243 Å². The summed E-state index contributed by atoms with van der Waals surface area (Å²) in [5.41, 5.74) is -1.36. The normalized spacial score (nSPS) is 14.5. The van der Waals surface area contributed by atoms with Crippen molar-refractivity contribution in [3.63, 3.8) is 0 Å². The average Bonchev–Trinajstić information content (AvgIpc) is 3.32. The van der Waals surface area contributed by atoms with Crippen molar-refractivity contribution in [1.82, 2.24) is 25.0 Å². The van der Waals surface area contributed by atoms with Crippen LogP contribution in [0, 0.1) is 17.1 Å². The van der Waals surface area contributed by atoms with E-state index in [1.165, 1.54) is 38.0 Å². The Kier molecular flexibility index (Phi) is 7.10. The molecule has 43 heavy (non-hydrogen) atoms. The highest BCUT2D eigenvalue weighted by atomic mass is 19.1. The number of rotatable bonds is 4. The highest BCUT2D eigenvalue weighted by Gasteiger charge is 2.33. The topological polar surface area (TPSA) is 188 Å². The second-order valence-corrected chi connectivity index (χ2v) is 10.8. The lowest BCUT2D eigenvalue weighted by molar-refractivity contribution is -0.122. The third-order valence-corrected chi connectivity index (χ3v) is 6.68. The second-order valence-electron chi connectivity index (χ2n) is 10.8. The van der Waals surface area contributed by atoms with Gasteiger partial charge in [0.1, 0.15) is 23.1 Å². The predicted octanol–water partition coefficient (Wildman–Crippen LogP) is 2.98. The van der Waals surface area contributed by atoms with E-state index in [1.54, 1.807) is 20.8 Å². The molecule has 0 spiro atoms. The molecular weight excluding hydrogens is 563 g/mol. The molecule has 4 heterocycles. The largest absolute Gasteiger partial charge is 0.477 e. The molecule has 0 fully saturated rings.